The molecule has 0 bridgehead atoms. The van der Waals surface area contributed by atoms with Gasteiger partial charge in [-0.3, -0.25) is 10.1 Å². The van der Waals surface area contributed by atoms with Crippen molar-refractivity contribution in [3.05, 3.63) is 35.4 Å². The molecule has 2 rings (SSSR count). The van der Waals surface area contributed by atoms with Crippen LogP contribution in [0.3, 0.4) is 0 Å². The van der Waals surface area contributed by atoms with Crippen LogP contribution in [0.25, 0.3) is 0 Å². The fourth-order valence-corrected chi connectivity index (χ4v) is 2.96. The summed E-state index contributed by atoms with van der Waals surface area (Å²) in [6, 6.07) is 3.25. The summed E-state index contributed by atoms with van der Waals surface area (Å²) in [5, 5.41) is 10.1. The number of benzene rings is 1. The average molecular weight is 301 g/mol. The highest BCUT2D eigenvalue weighted by Crippen LogP contribution is 2.25. The molecule has 1 N–H and O–H groups in total. The summed E-state index contributed by atoms with van der Waals surface area (Å²) < 4.78 is 27.5. The zero-order chi connectivity index (χ0) is 13.8. The van der Waals surface area contributed by atoms with Crippen molar-refractivity contribution in [2.45, 2.75) is 11.3 Å². The van der Waals surface area contributed by atoms with Gasteiger partial charge in [-0.15, -0.1) is 10.2 Å². The number of rotatable bonds is 4. The van der Waals surface area contributed by atoms with Crippen LogP contribution in [0.4, 0.5) is 13.9 Å². The lowest BCUT2D eigenvalue weighted by atomic mass is 10.2. The molecule has 8 heteroatoms. The van der Waals surface area contributed by atoms with Crippen LogP contribution in [0.2, 0.25) is 0 Å². The van der Waals surface area contributed by atoms with Crippen LogP contribution in [-0.2, 0) is 0 Å². The van der Waals surface area contributed by atoms with Gasteiger partial charge in [-0.05, 0) is 17.9 Å². The van der Waals surface area contributed by atoms with Crippen molar-refractivity contribution >= 4 is 34.1 Å². The number of nitrogens with zero attached hydrogens (tertiary/aromatic N) is 2. The standard InChI is InChI=1S/C11H9F2N3OS2/c1-2-18-11-16-15-10(19-11)14-9(17)8-6(12)4-3-5-7(8)13/h3-5H,2H2,1H3,(H,14,15,17). The first-order chi connectivity index (χ1) is 9.11. The summed E-state index contributed by atoms with van der Waals surface area (Å²) in [5.74, 6) is -1.88. The third-order valence-electron chi connectivity index (χ3n) is 2.08. The van der Waals surface area contributed by atoms with E-state index >= 15 is 0 Å². The molecule has 100 valence electrons. The van der Waals surface area contributed by atoms with Gasteiger partial charge in [-0.1, -0.05) is 36.1 Å². The Hall–Kier alpha value is -1.54. The number of hydrogen-bond acceptors (Lipinski definition) is 5. The van der Waals surface area contributed by atoms with Crippen molar-refractivity contribution in [1.29, 1.82) is 0 Å². The van der Waals surface area contributed by atoms with E-state index in [1.54, 1.807) is 0 Å². The first-order valence-electron chi connectivity index (χ1n) is 5.33. The number of thioether (sulfide) groups is 1. The largest absolute Gasteiger partial charge is 0.296 e. The molecular formula is C11H9F2N3OS2. The van der Waals surface area contributed by atoms with Gasteiger partial charge < -0.3 is 0 Å². The monoisotopic (exact) mass is 301 g/mol. The number of aromatic nitrogens is 2. The van der Waals surface area contributed by atoms with E-state index in [0.717, 1.165) is 29.2 Å². The van der Waals surface area contributed by atoms with E-state index in [2.05, 4.69) is 15.5 Å². The zero-order valence-corrected chi connectivity index (χ0v) is 11.4. The highest BCUT2D eigenvalue weighted by Gasteiger charge is 2.18. The molecule has 1 amide bonds. The van der Waals surface area contributed by atoms with Crippen LogP contribution in [0, 0.1) is 11.6 Å². The maximum Gasteiger partial charge on any atom is 0.263 e. The minimum absolute atomic E-state index is 0.212. The van der Waals surface area contributed by atoms with E-state index in [-0.39, 0.29) is 5.13 Å². The maximum atomic E-state index is 13.4. The molecule has 0 saturated heterocycles. The third kappa shape index (κ3) is 3.27. The van der Waals surface area contributed by atoms with E-state index in [1.807, 2.05) is 6.92 Å². The minimum Gasteiger partial charge on any atom is -0.296 e. The van der Waals surface area contributed by atoms with Crippen LogP contribution in [0.1, 0.15) is 17.3 Å². The van der Waals surface area contributed by atoms with Gasteiger partial charge in [0.25, 0.3) is 5.91 Å². The number of anilines is 1. The molecule has 0 spiro atoms. The number of carbonyl (C=O) groups excluding carboxylic acids is 1. The van der Waals surface area contributed by atoms with Gasteiger partial charge in [0.15, 0.2) is 4.34 Å². The molecule has 0 atom stereocenters. The number of nitrogens with one attached hydrogen (secondary N) is 1. The van der Waals surface area contributed by atoms with Crippen molar-refractivity contribution in [1.82, 2.24) is 10.2 Å². The number of amides is 1. The topological polar surface area (TPSA) is 54.9 Å². The Kier molecular flexibility index (Phi) is 4.43. The summed E-state index contributed by atoms with van der Waals surface area (Å²) in [4.78, 5) is 11.8. The lowest BCUT2D eigenvalue weighted by molar-refractivity contribution is 0.101. The molecule has 0 radical (unpaired) electrons. The predicted molar refractivity (Wildman–Crippen MR) is 70.6 cm³/mol. The van der Waals surface area contributed by atoms with Crippen molar-refractivity contribution in [3.63, 3.8) is 0 Å². The van der Waals surface area contributed by atoms with Crippen LogP contribution >= 0.6 is 23.1 Å². The molecule has 0 aliphatic carbocycles. The second-order valence-electron chi connectivity index (χ2n) is 3.36. The summed E-state index contributed by atoms with van der Waals surface area (Å²) in [6.45, 7) is 1.96. The zero-order valence-electron chi connectivity index (χ0n) is 9.81. The second-order valence-corrected chi connectivity index (χ2v) is 5.85. The van der Waals surface area contributed by atoms with Crippen molar-refractivity contribution in [2.24, 2.45) is 0 Å². The molecule has 1 aromatic heterocycles. The minimum atomic E-state index is -0.912. The normalized spacial score (nSPS) is 10.5. The first kappa shape index (κ1) is 13.9. The van der Waals surface area contributed by atoms with Gasteiger partial charge in [-0.25, -0.2) is 8.78 Å². The Balaban J connectivity index is 2.16. The Morgan fingerprint density at radius 3 is 2.68 bits per heavy atom. The molecule has 1 heterocycles. The first-order valence-corrected chi connectivity index (χ1v) is 7.13. The molecule has 4 nitrogen and oxygen atoms in total. The maximum absolute atomic E-state index is 13.4. The summed E-state index contributed by atoms with van der Waals surface area (Å²) in [7, 11) is 0. The molecular weight excluding hydrogens is 292 g/mol. The summed E-state index contributed by atoms with van der Waals surface area (Å²) in [6.07, 6.45) is 0. The van der Waals surface area contributed by atoms with Crippen LogP contribution < -0.4 is 5.32 Å². The molecule has 0 unspecified atom stereocenters. The van der Waals surface area contributed by atoms with E-state index in [1.165, 1.54) is 17.8 Å². The Morgan fingerprint density at radius 2 is 2.05 bits per heavy atom. The second kappa shape index (κ2) is 6.07. The lowest BCUT2D eigenvalue weighted by Crippen LogP contribution is -2.15. The van der Waals surface area contributed by atoms with Crippen LogP contribution in [0.5, 0.6) is 0 Å². The van der Waals surface area contributed by atoms with Crippen molar-refractivity contribution < 1.29 is 13.6 Å². The highest BCUT2D eigenvalue weighted by atomic mass is 32.2. The highest BCUT2D eigenvalue weighted by molar-refractivity contribution is 8.01. The Labute approximate surface area is 116 Å². The molecule has 0 aliphatic rings. The van der Waals surface area contributed by atoms with Crippen molar-refractivity contribution in [3.8, 4) is 0 Å². The van der Waals surface area contributed by atoms with Gasteiger partial charge in [-0.2, -0.15) is 0 Å². The number of hydrogen-bond donors (Lipinski definition) is 1. The third-order valence-corrected chi connectivity index (χ3v) is 3.94. The molecule has 0 saturated carbocycles. The smallest absolute Gasteiger partial charge is 0.263 e. The van der Waals surface area contributed by atoms with E-state index in [0.29, 0.717) is 4.34 Å². The van der Waals surface area contributed by atoms with Gasteiger partial charge in [0.05, 0.1) is 0 Å². The molecule has 1 aromatic carbocycles. The number of carbonyl (C=O) groups is 1. The SMILES string of the molecule is CCSc1nnc(NC(=O)c2c(F)cccc2F)s1. The summed E-state index contributed by atoms with van der Waals surface area (Å²) >= 11 is 2.63. The Bertz CT molecular complexity index is 583. The van der Waals surface area contributed by atoms with Gasteiger partial charge in [0.2, 0.25) is 5.13 Å². The average Bonchev–Trinajstić information content (AvgIpc) is 2.77. The van der Waals surface area contributed by atoms with E-state index in [4.69, 9.17) is 0 Å². The number of halogens is 2. The van der Waals surface area contributed by atoms with Gasteiger partial charge in [0.1, 0.15) is 17.2 Å². The van der Waals surface area contributed by atoms with Gasteiger partial charge >= 0.3 is 0 Å². The van der Waals surface area contributed by atoms with E-state index in [9.17, 15) is 13.6 Å². The van der Waals surface area contributed by atoms with Crippen LogP contribution in [0.15, 0.2) is 22.5 Å². The molecule has 0 fully saturated rings. The predicted octanol–water partition coefficient (Wildman–Crippen LogP) is 3.18. The fourth-order valence-electron chi connectivity index (χ4n) is 1.32. The quantitative estimate of drug-likeness (QED) is 0.696. The van der Waals surface area contributed by atoms with Crippen LogP contribution in [-0.4, -0.2) is 21.9 Å². The van der Waals surface area contributed by atoms with Crippen molar-refractivity contribution in [2.75, 3.05) is 11.1 Å². The molecule has 0 aliphatic heterocycles. The molecule has 2 aromatic rings. The fraction of sp³-hybridized carbons (Fsp3) is 0.182. The summed E-state index contributed by atoms with van der Waals surface area (Å²) in [5.41, 5.74) is -0.623. The Morgan fingerprint density at radius 1 is 1.37 bits per heavy atom. The van der Waals surface area contributed by atoms with E-state index < -0.39 is 23.1 Å². The molecule has 19 heavy (non-hydrogen) atoms. The van der Waals surface area contributed by atoms with Gasteiger partial charge in [0, 0.05) is 0 Å². The lowest BCUT2D eigenvalue weighted by Gasteiger charge is -2.03.